The van der Waals surface area contributed by atoms with E-state index in [1.54, 1.807) is 18.2 Å². The fourth-order valence-corrected chi connectivity index (χ4v) is 2.02. The van der Waals surface area contributed by atoms with Crippen LogP contribution >= 0.6 is 11.6 Å². The van der Waals surface area contributed by atoms with E-state index < -0.39 is 0 Å². The topological polar surface area (TPSA) is 83.2 Å². The standard InChI is InChI=1S/C13H10ClN3O3/c14-7-3-10(15-5-7)13(19)16-8-1-2-11-9(4-8)17-12(18)6-20-11/h1-5,15H,6H2,(H,16,19)(H,17,18). The van der Waals surface area contributed by atoms with Gasteiger partial charge in [-0.3, -0.25) is 9.59 Å². The van der Waals surface area contributed by atoms with Crippen molar-refractivity contribution in [2.75, 3.05) is 17.2 Å². The number of carbonyl (C=O) groups is 2. The summed E-state index contributed by atoms with van der Waals surface area (Å²) in [5.41, 5.74) is 1.43. The number of amides is 2. The molecule has 0 atom stereocenters. The van der Waals surface area contributed by atoms with E-state index >= 15 is 0 Å². The molecular weight excluding hydrogens is 282 g/mol. The maximum atomic E-state index is 11.9. The average Bonchev–Trinajstić information content (AvgIpc) is 2.85. The summed E-state index contributed by atoms with van der Waals surface area (Å²) in [7, 11) is 0. The molecule has 1 aromatic heterocycles. The molecule has 0 bridgehead atoms. The zero-order valence-electron chi connectivity index (χ0n) is 10.2. The molecule has 7 heteroatoms. The number of hydrogen-bond acceptors (Lipinski definition) is 3. The Morgan fingerprint density at radius 1 is 1.35 bits per heavy atom. The number of aromatic amines is 1. The molecule has 1 aromatic carbocycles. The van der Waals surface area contributed by atoms with Gasteiger partial charge in [0.15, 0.2) is 6.61 Å². The summed E-state index contributed by atoms with van der Waals surface area (Å²) in [4.78, 5) is 25.9. The molecule has 3 N–H and O–H groups in total. The summed E-state index contributed by atoms with van der Waals surface area (Å²) >= 11 is 5.74. The molecule has 0 saturated carbocycles. The van der Waals surface area contributed by atoms with Crippen molar-refractivity contribution >= 4 is 34.8 Å². The van der Waals surface area contributed by atoms with Crippen molar-refractivity contribution in [1.82, 2.24) is 4.98 Å². The Kier molecular flexibility index (Phi) is 3.08. The van der Waals surface area contributed by atoms with Crippen molar-refractivity contribution < 1.29 is 14.3 Å². The molecule has 1 aliphatic heterocycles. The van der Waals surface area contributed by atoms with Crippen LogP contribution in [0.15, 0.2) is 30.5 Å². The number of ether oxygens (including phenoxy) is 1. The van der Waals surface area contributed by atoms with E-state index in [-0.39, 0.29) is 18.4 Å². The Labute approximate surface area is 119 Å². The smallest absolute Gasteiger partial charge is 0.272 e. The summed E-state index contributed by atoms with van der Waals surface area (Å²) < 4.78 is 5.24. The Morgan fingerprint density at radius 2 is 2.20 bits per heavy atom. The van der Waals surface area contributed by atoms with Crippen LogP contribution in [0.3, 0.4) is 0 Å². The molecular formula is C13H10ClN3O3. The highest BCUT2D eigenvalue weighted by Gasteiger charge is 2.17. The third-order valence-electron chi connectivity index (χ3n) is 2.76. The zero-order chi connectivity index (χ0) is 14.1. The van der Waals surface area contributed by atoms with E-state index in [1.165, 1.54) is 12.3 Å². The predicted molar refractivity (Wildman–Crippen MR) is 74.3 cm³/mol. The number of aromatic nitrogens is 1. The quantitative estimate of drug-likeness (QED) is 0.793. The lowest BCUT2D eigenvalue weighted by Gasteiger charge is -2.18. The molecule has 6 nitrogen and oxygen atoms in total. The first-order valence-electron chi connectivity index (χ1n) is 5.84. The fraction of sp³-hybridized carbons (Fsp3) is 0.0769. The Bertz CT molecular complexity index is 696. The van der Waals surface area contributed by atoms with Crippen LogP contribution in [0, 0.1) is 0 Å². The van der Waals surface area contributed by atoms with Gasteiger partial charge in [-0.05, 0) is 24.3 Å². The largest absolute Gasteiger partial charge is 0.482 e. The summed E-state index contributed by atoms with van der Waals surface area (Å²) in [6.45, 7) is -0.000317. The Hall–Kier alpha value is -2.47. The molecule has 20 heavy (non-hydrogen) atoms. The van der Waals surface area contributed by atoms with Gasteiger partial charge in [0.1, 0.15) is 11.4 Å². The number of H-pyrrole nitrogens is 1. The second kappa shape index (κ2) is 4.90. The van der Waals surface area contributed by atoms with E-state index in [4.69, 9.17) is 16.3 Å². The SMILES string of the molecule is O=C1COc2ccc(NC(=O)c3cc(Cl)c[nH]3)cc2N1. The number of anilines is 2. The summed E-state index contributed by atoms with van der Waals surface area (Å²) in [6, 6.07) is 6.54. The monoisotopic (exact) mass is 291 g/mol. The first kappa shape index (κ1) is 12.6. The fourth-order valence-electron chi connectivity index (χ4n) is 1.86. The van der Waals surface area contributed by atoms with Crippen LogP contribution in [0.25, 0.3) is 0 Å². The number of rotatable bonds is 2. The number of carbonyl (C=O) groups excluding carboxylic acids is 2. The highest BCUT2D eigenvalue weighted by Crippen LogP contribution is 2.30. The van der Waals surface area contributed by atoms with Crippen molar-refractivity contribution in [2.24, 2.45) is 0 Å². The van der Waals surface area contributed by atoms with Crippen LogP contribution in [0.5, 0.6) is 5.75 Å². The highest BCUT2D eigenvalue weighted by atomic mass is 35.5. The highest BCUT2D eigenvalue weighted by molar-refractivity contribution is 6.31. The lowest BCUT2D eigenvalue weighted by Crippen LogP contribution is -2.25. The van der Waals surface area contributed by atoms with Crippen LogP contribution < -0.4 is 15.4 Å². The van der Waals surface area contributed by atoms with Crippen LogP contribution in [-0.2, 0) is 4.79 Å². The Morgan fingerprint density at radius 3 is 2.95 bits per heavy atom. The first-order valence-corrected chi connectivity index (χ1v) is 6.21. The maximum Gasteiger partial charge on any atom is 0.272 e. The van der Waals surface area contributed by atoms with Crippen LogP contribution in [-0.4, -0.2) is 23.4 Å². The molecule has 0 saturated heterocycles. The van der Waals surface area contributed by atoms with Gasteiger partial charge in [0.2, 0.25) is 0 Å². The number of fused-ring (bicyclic) bond motifs is 1. The van der Waals surface area contributed by atoms with Gasteiger partial charge >= 0.3 is 0 Å². The van der Waals surface area contributed by atoms with Gasteiger partial charge in [0, 0.05) is 11.9 Å². The Balaban J connectivity index is 1.80. The van der Waals surface area contributed by atoms with E-state index in [0.717, 1.165) is 0 Å². The molecule has 2 aromatic rings. The molecule has 0 aliphatic carbocycles. The number of hydrogen-bond donors (Lipinski definition) is 3. The van der Waals surface area contributed by atoms with Crippen molar-refractivity contribution in [3.63, 3.8) is 0 Å². The zero-order valence-corrected chi connectivity index (χ0v) is 11.0. The number of benzene rings is 1. The molecule has 0 spiro atoms. The van der Waals surface area contributed by atoms with E-state index in [1.807, 2.05) is 0 Å². The van der Waals surface area contributed by atoms with Crippen LogP contribution in [0.4, 0.5) is 11.4 Å². The van der Waals surface area contributed by atoms with Gasteiger partial charge in [-0.2, -0.15) is 0 Å². The van der Waals surface area contributed by atoms with Gasteiger partial charge in [-0.15, -0.1) is 0 Å². The second-order valence-corrected chi connectivity index (χ2v) is 4.67. The van der Waals surface area contributed by atoms with Crippen molar-refractivity contribution in [1.29, 1.82) is 0 Å². The molecule has 102 valence electrons. The predicted octanol–water partition coefficient (Wildman–Crippen LogP) is 2.25. The van der Waals surface area contributed by atoms with Gasteiger partial charge in [-0.1, -0.05) is 11.6 Å². The normalized spacial score (nSPS) is 13.2. The molecule has 0 unspecified atom stereocenters. The third kappa shape index (κ3) is 2.46. The molecule has 0 radical (unpaired) electrons. The third-order valence-corrected chi connectivity index (χ3v) is 2.98. The molecule has 0 fully saturated rings. The van der Waals surface area contributed by atoms with Gasteiger partial charge in [-0.25, -0.2) is 0 Å². The molecule has 2 amide bonds. The summed E-state index contributed by atoms with van der Waals surface area (Å²) in [5.74, 6) is 0.0301. The summed E-state index contributed by atoms with van der Waals surface area (Å²) in [5, 5.41) is 5.83. The number of halogens is 1. The average molecular weight is 292 g/mol. The van der Waals surface area contributed by atoms with Gasteiger partial charge < -0.3 is 20.4 Å². The minimum absolute atomic E-state index is 0.000317. The molecule has 2 heterocycles. The number of nitrogens with one attached hydrogen (secondary N) is 3. The molecule has 3 rings (SSSR count). The summed E-state index contributed by atoms with van der Waals surface area (Å²) in [6.07, 6.45) is 1.53. The van der Waals surface area contributed by atoms with Gasteiger partial charge in [0.05, 0.1) is 10.7 Å². The van der Waals surface area contributed by atoms with Crippen LogP contribution in [0.2, 0.25) is 5.02 Å². The van der Waals surface area contributed by atoms with Crippen LogP contribution in [0.1, 0.15) is 10.5 Å². The lowest BCUT2D eigenvalue weighted by molar-refractivity contribution is -0.118. The van der Waals surface area contributed by atoms with E-state index in [2.05, 4.69) is 15.6 Å². The van der Waals surface area contributed by atoms with Crippen molar-refractivity contribution in [3.8, 4) is 5.75 Å². The second-order valence-electron chi connectivity index (χ2n) is 4.23. The lowest BCUT2D eigenvalue weighted by atomic mass is 10.2. The minimum Gasteiger partial charge on any atom is -0.482 e. The maximum absolute atomic E-state index is 11.9. The molecule has 1 aliphatic rings. The van der Waals surface area contributed by atoms with E-state index in [9.17, 15) is 9.59 Å². The van der Waals surface area contributed by atoms with Crippen molar-refractivity contribution in [3.05, 3.63) is 41.2 Å². The van der Waals surface area contributed by atoms with Crippen molar-refractivity contribution in [2.45, 2.75) is 0 Å². The van der Waals surface area contributed by atoms with Gasteiger partial charge in [0.25, 0.3) is 11.8 Å². The van der Waals surface area contributed by atoms with E-state index in [0.29, 0.717) is 27.8 Å². The minimum atomic E-state index is -0.320. The first-order chi connectivity index (χ1) is 9.61.